The van der Waals surface area contributed by atoms with Gasteiger partial charge in [-0.15, -0.1) is 0 Å². The molecule has 4 rings (SSSR count). The van der Waals surface area contributed by atoms with Crippen LogP contribution >= 0.6 is 0 Å². The predicted molar refractivity (Wildman–Crippen MR) is 116 cm³/mol. The fraction of sp³-hybridized carbons (Fsp3) is 0.375. The fourth-order valence-electron chi connectivity index (χ4n) is 3.86. The van der Waals surface area contributed by atoms with Crippen LogP contribution in [-0.2, 0) is 17.8 Å². The highest BCUT2D eigenvalue weighted by Gasteiger charge is 2.26. The van der Waals surface area contributed by atoms with Crippen molar-refractivity contribution in [2.75, 3.05) is 19.6 Å². The van der Waals surface area contributed by atoms with Crippen molar-refractivity contribution in [1.82, 2.24) is 20.4 Å². The number of piperidine rings is 1. The highest BCUT2D eigenvalue weighted by atomic mass is 16.5. The number of amides is 1. The minimum Gasteiger partial charge on any atom is -0.355 e. The zero-order chi connectivity index (χ0) is 20.8. The molecule has 30 heavy (non-hydrogen) atoms. The predicted octanol–water partition coefficient (Wildman–Crippen LogP) is 3.62. The molecule has 1 aromatic heterocycles. The zero-order valence-corrected chi connectivity index (χ0v) is 17.4. The number of hydrogen-bond acceptors (Lipinski definition) is 5. The van der Waals surface area contributed by atoms with E-state index in [1.165, 1.54) is 11.1 Å². The van der Waals surface area contributed by atoms with E-state index in [1.807, 2.05) is 49.4 Å². The number of rotatable bonds is 7. The first-order valence-electron chi connectivity index (χ1n) is 10.6. The molecule has 1 aliphatic rings. The Kier molecular flexibility index (Phi) is 6.54. The van der Waals surface area contributed by atoms with Crippen LogP contribution in [0.3, 0.4) is 0 Å². The highest BCUT2D eigenvalue weighted by Crippen LogP contribution is 2.21. The first-order chi connectivity index (χ1) is 14.7. The van der Waals surface area contributed by atoms with E-state index in [4.69, 9.17) is 4.52 Å². The van der Waals surface area contributed by atoms with Gasteiger partial charge < -0.3 is 9.84 Å². The van der Waals surface area contributed by atoms with Gasteiger partial charge in [0.25, 0.3) is 5.89 Å². The Hall–Kier alpha value is -2.99. The lowest BCUT2D eigenvalue weighted by molar-refractivity contribution is -0.126. The van der Waals surface area contributed by atoms with Gasteiger partial charge in [0.05, 0.1) is 12.5 Å². The summed E-state index contributed by atoms with van der Waals surface area (Å²) in [5.41, 5.74) is 3.36. The molecule has 0 unspecified atom stereocenters. The summed E-state index contributed by atoms with van der Waals surface area (Å²) < 4.78 is 5.43. The van der Waals surface area contributed by atoms with Crippen LogP contribution in [0.25, 0.3) is 11.5 Å². The second kappa shape index (κ2) is 9.67. The van der Waals surface area contributed by atoms with Crippen LogP contribution in [0.15, 0.2) is 59.1 Å². The van der Waals surface area contributed by atoms with Crippen molar-refractivity contribution in [2.45, 2.75) is 32.7 Å². The molecule has 1 fully saturated rings. The molecular weight excluding hydrogens is 376 g/mol. The summed E-state index contributed by atoms with van der Waals surface area (Å²) >= 11 is 0. The quantitative estimate of drug-likeness (QED) is 0.651. The number of aryl methyl sites for hydroxylation is 1. The van der Waals surface area contributed by atoms with Gasteiger partial charge in [0.1, 0.15) is 0 Å². The monoisotopic (exact) mass is 404 g/mol. The van der Waals surface area contributed by atoms with Crippen molar-refractivity contribution in [2.24, 2.45) is 5.92 Å². The van der Waals surface area contributed by atoms with Crippen LogP contribution in [0.4, 0.5) is 0 Å². The van der Waals surface area contributed by atoms with Crippen molar-refractivity contribution in [1.29, 1.82) is 0 Å². The Labute approximate surface area is 177 Å². The van der Waals surface area contributed by atoms with Gasteiger partial charge in [-0.3, -0.25) is 9.69 Å². The Balaban J connectivity index is 1.27. The summed E-state index contributed by atoms with van der Waals surface area (Å²) in [7, 11) is 0. The van der Waals surface area contributed by atoms with Gasteiger partial charge in [0, 0.05) is 18.7 Å². The molecule has 1 N–H and O–H groups in total. The molecule has 156 valence electrons. The molecule has 6 nitrogen and oxygen atoms in total. The number of aromatic nitrogens is 2. The second-order valence-electron chi connectivity index (χ2n) is 7.98. The SMILES string of the molecule is Cc1ccc(-c2nc(CN3CCC[C@@H](C(=O)NCCc4ccccc4)C3)no2)cc1. The zero-order valence-electron chi connectivity index (χ0n) is 17.4. The van der Waals surface area contributed by atoms with Crippen molar-refractivity contribution in [3.63, 3.8) is 0 Å². The average Bonchev–Trinajstić information content (AvgIpc) is 3.23. The first-order valence-corrected chi connectivity index (χ1v) is 10.6. The van der Waals surface area contributed by atoms with Crippen molar-refractivity contribution in [3.05, 3.63) is 71.5 Å². The summed E-state index contributed by atoms with van der Waals surface area (Å²) in [6.45, 7) is 4.99. The maximum atomic E-state index is 12.6. The molecule has 1 amide bonds. The Morgan fingerprint density at radius 3 is 2.77 bits per heavy atom. The molecule has 0 bridgehead atoms. The van der Waals surface area contributed by atoms with Crippen LogP contribution in [0.1, 0.15) is 29.8 Å². The maximum absolute atomic E-state index is 12.6. The summed E-state index contributed by atoms with van der Waals surface area (Å²) in [6, 6.07) is 18.3. The minimum absolute atomic E-state index is 0.0120. The molecule has 0 radical (unpaired) electrons. The van der Waals surface area contributed by atoms with E-state index in [0.717, 1.165) is 37.9 Å². The number of benzene rings is 2. The number of hydrogen-bond donors (Lipinski definition) is 1. The lowest BCUT2D eigenvalue weighted by atomic mass is 9.97. The molecule has 6 heteroatoms. The highest BCUT2D eigenvalue weighted by molar-refractivity contribution is 5.79. The number of carbonyl (C=O) groups excluding carboxylic acids is 1. The van der Waals surface area contributed by atoms with Crippen LogP contribution in [0.2, 0.25) is 0 Å². The van der Waals surface area contributed by atoms with Crippen LogP contribution in [-0.4, -0.2) is 40.6 Å². The van der Waals surface area contributed by atoms with E-state index in [0.29, 0.717) is 24.8 Å². The second-order valence-corrected chi connectivity index (χ2v) is 7.98. The third-order valence-corrected chi connectivity index (χ3v) is 5.56. The fourth-order valence-corrected chi connectivity index (χ4v) is 3.86. The van der Waals surface area contributed by atoms with Crippen molar-refractivity contribution >= 4 is 5.91 Å². The van der Waals surface area contributed by atoms with Crippen LogP contribution < -0.4 is 5.32 Å². The molecule has 0 saturated carbocycles. The van der Waals surface area contributed by atoms with Crippen molar-refractivity contribution in [3.8, 4) is 11.5 Å². The summed E-state index contributed by atoms with van der Waals surface area (Å²) in [5.74, 6) is 1.36. The summed E-state index contributed by atoms with van der Waals surface area (Å²) in [5, 5.41) is 7.23. The molecule has 0 spiro atoms. The van der Waals surface area contributed by atoms with Gasteiger partial charge in [0.15, 0.2) is 5.82 Å². The van der Waals surface area contributed by atoms with E-state index in [2.05, 4.69) is 32.5 Å². The molecule has 1 aliphatic heterocycles. The van der Waals surface area contributed by atoms with Gasteiger partial charge in [-0.25, -0.2) is 0 Å². The summed E-state index contributed by atoms with van der Waals surface area (Å²) in [6.07, 6.45) is 2.78. The number of nitrogens with zero attached hydrogens (tertiary/aromatic N) is 3. The van der Waals surface area contributed by atoms with Gasteiger partial charge in [-0.05, 0) is 50.4 Å². The number of nitrogens with one attached hydrogen (secondary N) is 1. The van der Waals surface area contributed by atoms with E-state index in [-0.39, 0.29) is 11.8 Å². The molecule has 1 saturated heterocycles. The smallest absolute Gasteiger partial charge is 0.257 e. The lowest BCUT2D eigenvalue weighted by Gasteiger charge is -2.31. The average molecular weight is 405 g/mol. The Morgan fingerprint density at radius 2 is 1.97 bits per heavy atom. The minimum atomic E-state index is 0.0120. The van der Waals surface area contributed by atoms with Gasteiger partial charge in [-0.2, -0.15) is 4.98 Å². The maximum Gasteiger partial charge on any atom is 0.257 e. The topological polar surface area (TPSA) is 71.3 Å². The van der Waals surface area contributed by atoms with Gasteiger partial charge in [0.2, 0.25) is 5.91 Å². The van der Waals surface area contributed by atoms with E-state index >= 15 is 0 Å². The van der Waals surface area contributed by atoms with Crippen molar-refractivity contribution < 1.29 is 9.32 Å². The first kappa shape index (κ1) is 20.3. The number of carbonyl (C=O) groups is 1. The normalized spacial score (nSPS) is 17.0. The molecule has 0 aliphatic carbocycles. The van der Waals surface area contributed by atoms with Crippen LogP contribution in [0.5, 0.6) is 0 Å². The van der Waals surface area contributed by atoms with Gasteiger partial charge in [-0.1, -0.05) is 53.2 Å². The van der Waals surface area contributed by atoms with E-state index in [1.54, 1.807) is 0 Å². The lowest BCUT2D eigenvalue weighted by Crippen LogP contribution is -2.43. The molecular formula is C24H28N4O2. The largest absolute Gasteiger partial charge is 0.355 e. The Bertz CT molecular complexity index is 953. The van der Waals surface area contributed by atoms with E-state index in [9.17, 15) is 4.79 Å². The third kappa shape index (κ3) is 5.33. The molecule has 1 atom stereocenters. The molecule has 2 aromatic carbocycles. The standard InChI is InChI=1S/C24H28N4O2/c1-18-9-11-20(12-10-18)24-26-22(27-30-24)17-28-15-5-8-21(16-28)23(29)25-14-13-19-6-3-2-4-7-19/h2-4,6-7,9-12,21H,5,8,13-17H2,1H3,(H,25,29)/t21-/m1/s1. The molecule has 2 heterocycles. The third-order valence-electron chi connectivity index (χ3n) is 5.56. The van der Waals surface area contributed by atoms with E-state index < -0.39 is 0 Å². The molecule has 3 aromatic rings. The number of likely N-dealkylation sites (tertiary alicyclic amines) is 1. The Morgan fingerprint density at radius 1 is 1.17 bits per heavy atom. The summed E-state index contributed by atoms with van der Waals surface area (Å²) in [4.78, 5) is 19.4. The van der Waals surface area contributed by atoms with Crippen LogP contribution in [0, 0.1) is 12.8 Å². The van der Waals surface area contributed by atoms with Gasteiger partial charge >= 0.3 is 0 Å².